The summed E-state index contributed by atoms with van der Waals surface area (Å²) < 4.78 is 1.05. The number of piperidine rings is 1. The molecule has 2 aromatic carbocycles. The summed E-state index contributed by atoms with van der Waals surface area (Å²) in [6, 6.07) is 16.3. The number of carbonyl (C=O) groups excluding carboxylic acids is 2. The van der Waals surface area contributed by atoms with Crippen LogP contribution < -0.4 is 11.1 Å². The van der Waals surface area contributed by atoms with Crippen LogP contribution in [-0.2, 0) is 16.1 Å². The first-order valence-corrected chi connectivity index (χ1v) is 11.0. The van der Waals surface area contributed by atoms with Crippen molar-refractivity contribution in [3.05, 3.63) is 64.1 Å². The predicted molar refractivity (Wildman–Crippen MR) is 117 cm³/mol. The maximum absolute atomic E-state index is 12.7. The SMILES string of the molecule is NC(=O)C1CCN(Cc2cccc(NC(=O)C3CC3c3cccc(Br)c3)c2)CC1. The summed E-state index contributed by atoms with van der Waals surface area (Å²) >= 11 is 3.50. The minimum Gasteiger partial charge on any atom is -0.369 e. The summed E-state index contributed by atoms with van der Waals surface area (Å²) in [5, 5.41) is 3.09. The minimum atomic E-state index is -0.185. The molecule has 0 bridgehead atoms. The molecule has 1 saturated carbocycles. The number of anilines is 1. The Kier molecular flexibility index (Phi) is 6.01. The molecule has 0 spiro atoms. The van der Waals surface area contributed by atoms with E-state index in [0.29, 0.717) is 5.92 Å². The summed E-state index contributed by atoms with van der Waals surface area (Å²) in [6.07, 6.45) is 2.55. The molecule has 0 radical (unpaired) electrons. The standard InChI is InChI=1S/C23H26BrN3O2/c24-18-5-2-4-17(12-18)20-13-21(20)23(29)26-19-6-1-3-15(11-19)14-27-9-7-16(8-10-27)22(25)28/h1-6,11-12,16,20-21H,7-10,13-14H2,(H2,25,28)(H,26,29). The van der Waals surface area contributed by atoms with E-state index in [1.54, 1.807) is 0 Å². The maximum Gasteiger partial charge on any atom is 0.228 e. The second-order valence-electron chi connectivity index (χ2n) is 8.15. The number of nitrogens with two attached hydrogens (primary N) is 1. The Morgan fingerprint density at radius 2 is 1.86 bits per heavy atom. The summed E-state index contributed by atoms with van der Waals surface area (Å²) in [5.74, 6) is 0.265. The van der Waals surface area contributed by atoms with Gasteiger partial charge in [0.25, 0.3) is 0 Å². The lowest BCUT2D eigenvalue weighted by Gasteiger charge is -2.30. The first-order valence-electron chi connectivity index (χ1n) is 10.2. The monoisotopic (exact) mass is 455 g/mol. The van der Waals surface area contributed by atoms with Gasteiger partial charge in [0.2, 0.25) is 11.8 Å². The van der Waals surface area contributed by atoms with Crippen LogP contribution in [-0.4, -0.2) is 29.8 Å². The third-order valence-electron chi connectivity index (χ3n) is 5.99. The van der Waals surface area contributed by atoms with E-state index >= 15 is 0 Å². The molecule has 1 heterocycles. The smallest absolute Gasteiger partial charge is 0.228 e. The lowest BCUT2D eigenvalue weighted by atomic mass is 9.96. The van der Waals surface area contributed by atoms with E-state index in [1.165, 1.54) is 11.1 Å². The van der Waals surface area contributed by atoms with Crippen molar-refractivity contribution in [2.45, 2.75) is 31.7 Å². The number of nitrogens with one attached hydrogen (secondary N) is 1. The number of rotatable bonds is 6. The zero-order chi connectivity index (χ0) is 20.4. The van der Waals surface area contributed by atoms with E-state index in [4.69, 9.17) is 5.73 Å². The molecule has 2 aromatic rings. The quantitative estimate of drug-likeness (QED) is 0.693. The van der Waals surface area contributed by atoms with Gasteiger partial charge in [0.05, 0.1) is 0 Å². The van der Waals surface area contributed by atoms with Crippen molar-refractivity contribution >= 4 is 33.4 Å². The predicted octanol–water partition coefficient (Wildman–Crippen LogP) is 3.89. The van der Waals surface area contributed by atoms with Gasteiger partial charge in [-0.05, 0) is 73.7 Å². The molecule has 152 valence electrons. The largest absolute Gasteiger partial charge is 0.369 e. The molecule has 2 atom stereocenters. The molecule has 2 unspecified atom stereocenters. The number of carbonyl (C=O) groups is 2. The van der Waals surface area contributed by atoms with Gasteiger partial charge in [0.1, 0.15) is 0 Å². The van der Waals surface area contributed by atoms with Crippen LogP contribution in [0.15, 0.2) is 53.0 Å². The number of nitrogens with zero attached hydrogens (tertiary/aromatic N) is 1. The highest BCUT2D eigenvalue weighted by Gasteiger charge is 2.44. The van der Waals surface area contributed by atoms with Gasteiger partial charge >= 0.3 is 0 Å². The normalized spacial score (nSPS) is 22.2. The molecule has 6 heteroatoms. The Hall–Kier alpha value is -2.18. The van der Waals surface area contributed by atoms with Crippen LogP contribution in [0.1, 0.15) is 36.3 Å². The molecule has 1 saturated heterocycles. The Balaban J connectivity index is 1.31. The maximum atomic E-state index is 12.7. The summed E-state index contributed by atoms with van der Waals surface area (Å²) in [4.78, 5) is 26.3. The van der Waals surface area contributed by atoms with E-state index in [9.17, 15) is 9.59 Å². The van der Waals surface area contributed by atoms with Crippen molar-refractivity contribution in [2.24, 2.45) is 17.6 Å². The van der Waals surface area contributed by atoms with Gasteiger partial charge in [0, 0.05) is 28.5 Å². The highest BCUT2D eigenvalue weighted by Crippen LogP contribution is 2.48. The third-order valence-corrected chi connectivity index (χ3v) is 6.49. The Labute approximate surface area is 179 Å². The van der Waals surface area contributed by atoms with Crippen LogP contribution in [0.3, 0.4) is 0 Å². The number of primary amides is 1. The van der Waals surface area contributed by atoms with Crippen molar-refractivity contribution < 1.29 is 9.59 Å². The molecule has 3 N–H and O–H groups in total. The molecular weight excluding hydrogens is 430 g/mol. The number of hydrogen-bond acceptors (Lipinski definition) is 3. The van der Waals surface area contributed by atoms with E-state index < -0.39 is 0 Å². The van der Waals surface area contributed by atoms with Crippen molar-refractivity contribution in [2.75, 3.05) is 18.4 Å². The summed E-state index contributed by atoms with van der Waals surface area (Å²) in [6.45, 7) is 2.57. The Morgan fingerprint density at radius 1 is 1.10 bits per heavy atom. The third kappa shape index (κ3) is 5.06. The molecule has 2 aliphatic rings. The molecule has 4 rings (SSSR count). The van der Waals surface area contributed by atoms with Crippen molar-refractivity contribution in [3.63, 3.8) is 0 Å². The van der Waals surface area contributed by atoms with Crippen LogP contribution >= 0.6 is 15.9 Å². The van der Waals surface area contributed by atoms with Crippen LogP contribution in [0.5, 0.6) is 0 Å². The lowest BCUT2D eigenvalue weighted by Crippen LogP contribution is -2.38. The molecule has 5 nitrogen and oxygen atoms in total. The van der Waals surface area contributed by atoms with E-state index in [1.807, 2.05) is 24.3 Å². The van der Waals surface area contributed by atoms with Gasteiger partial charge in [-0.15, -0.1) is 0 Å². The average Bonchev–Trinajstić information content (AvgIpc) is 3.50. The van der Waals surface area contributed by atoms with E-state index in [2.05, 4.69) is 50.4 Å². The number of likely N-dealkylation sites (tertiary alicyclic amines) is 1. The first kappa shape index (κ1) is 20.1. The van der Waals surface area contributed by atoms with Gasteiger partial charge < -0.3 is 11.1 Å². The van der Waals surface area contributed by atoms with Crippen molar-refractivity contribution in [3.8, 4) is 0 Å². The van der Waals surface area contributed by atoms with Crippen LogP contribution in [0.25, 0.3) is 0 Å². The van der Waals surface area contributed by atoms with Crippen molar-refractivity contribution in [1.82, 2.24) is 4.90 Å². The van der Waals surface area contributed by atoms with Crippen LogP contribution in [0.4, 0.5) is 5.69 Å². The fraction of sp³-hybridized carbons (Fsp3) is 0.391. The Bertz CT molecular complexity index is 909. The fourth-order valence-corrected chi connectivity index (χ4v) is 4.62. The van der Waals surface area contributed by atoms with Crippen LogP contribution in [0, 0.1) is 11.8 Å². The number of amides is 2. The molecule has 29 heavy (non-hydrogen) atoms. The zero-order valence-corrected chi connectivity index (χ0v) is 17.9. The topological polar surface area (TPSA) is 75.4 Å². The zero-order valence-electron chi connectivity index (χ0n) is 16.3. The lowest BCUT2D eigenvalue weighted by molar-refractivity contribution is -0.123. The number of halogens is 1. The molecule has 2 amide bonds. The minimum absolute atomic E-state index is 0.00796. The molecule has 2 fully saturated rings. The molecule has 1 aliphatic carbocycles. The average molecular weight is 456 g/mol. The molecule has 0 aromatic heterocycles. The van der Waals surface area contributed by atoms with E-state index in [0.717, 1.165) is 49.1 Å². The van der Waals surface area contributed by atoms with Gasteiger partial charge in [-0.3, -0.25) is 14.5 Å². The van der Waals surface area contributed by atoms with Crippen molar-refractivity contribution in [1.29, 1.82) is 0 Å². The fourth-order valence-electron chi connectivity index (χ4n) is 4.21. The number of benzene rings is 2. The van der Waals surface area contributed by atoms with E-state index in [-0.39, 0.29) is 23.7 Å². The second-order valence-corrected chi connectivity index (χ2v) is 9.06. The summed E-state index contributed by atoms with van der Waals surface area (Å²) in [5.41, 5.74) is 8.64. The summed E-state index contributed by atoms with van der Waals surface area (Å²) in [7, 11) is 0. The Morgan fingerprint density at radius 3 is 2.59 bits per heavy atom. The first-order chi connectivity index (χ1) is 14.0. The highest BCUT2D eigenvalue weighted by molar-refractivity contribution is 9.10. The second kappa shape index (κ2) is 8.67. The molecular formula is C23H26BrN3O2. The highest BCUT2D eigenvalue weighted by atomic mass is 79.9. The van der Waals surface area contributed by atoms with Gasteiger partial charge in [0.15, 0.2) is 0 Å². The van der Waals surface area contributed by atoms with Gasteiger partial charge in [-0.1, -0.05) is 40.2 Å². The van der Waals surface area contributed by atoms with Gasteiger partial charge in [-0.2, -0.15) is 0 Å². The number of hydrogen-bond donors (Lipinski definition) is 2. The van der Waals surface area contributed by atoms with Crippen LogP contribution in [0.2, 0.25) is 0 Å². The van der Waals surface area contributed by atoms with Gasteiger partial charge in [-0.25, -0.2) is 0 Å². The molecule has 1 aliphatic heterocycles.